The van der Waals surface area contributed by atoms with E-state index in [2.05, 4.69) is 352 Å². The van der Waals surface area contributed by atoms with Gasteiger partial charge in [-0.1, -0.05) is 518 Å². The Kier molecular flexibility index (Phi) is 71.8. The molecule has 0 unspecified atom stereocenters. The second-order valence-corrected chi connectivity index (χ2v) is 116. The average Bonchev–Trinajstić information content (AvgIpc) is 3.02. The van der Waals surface area contributed by atoms with Crippen molar-refractivity contribution in [3.05, 3.63) is 109 Å². The van der Waals surface area contributed by atoms with Crippen molar-refractivity contribution in [3.63, 3.8) is 0 Å². The summed E-state index contributed by atoms with van der Waals surface area (Å²) in [5.41, 5.74) is 2.64. The summed E-state index contributed by atoms with van der Waals surface area (Å²) in [6.45, 7) is 114. The van der Waals surface area contributed by atoms with E-state index >= 15 is 0 Å². The Bertz CT molecular complexity index is 1490. The van der Waals surface area contributed by atoms with Crippen LogP contribution in [-0.4, -0.2) is 132 Å². The number of nitrogens with zero attached hydrogens (tertiary/aromatic N) is 8. The molecule has 2 aromatic carbocycles. The zero-order valence-corrected chi connectivity index (χ0v) is 103. The molecule has 0 radical (unpaired) electrons. The van der Waals surface area contributed by atoms with Gasteiger partial charge < -0.3 is 37.2 Å². The Morgan fingerprint density at radius 1 is 0.144 bits per heavy atom. The first kappa shape index (κ1) is 123. The number of hydrogen-bond donors (Lipinski definition) is 0. The molecule has 2 rings (SSSR count). The van der Waals surface area contributed by atoms with Crippen LogP contribution in [0.3, 0.4) is 0 Å². The van der Waals surface area contributed by atoms with Gasteiger partial charge in [-0.05, 0) is 13.8 Å². The van der Waals surface area contributed by atoms with Gasteiger partial charge in [0.25, 0.3) is 0 Å². The molecule has 0 heterocycles. The van der Waals surface area contributed by atoms with Gasteiger partial charge in [0, 0.05) is 0 Å². The summed E-state index contributed by atoms with van der Waals surface area (Å²) in [5, 5.41) is 0. The van der Waals surface area contributed by atoms with Crippen molar-refractivity contribution in [1.82, 2.24) is 0 Å². The Hall–Kier alpha value is 5.80. The fourth-order valence-electron chi connectivity index (χ4n) is 9.12. The van der Waals surface area contributed by atoms with Gasteiger partial charge >= 0.3 is 124 Å². The molecule has 0 amide bonds. The smallest absolute Gasteiger partial charge is 0.668 e. The second kappa shape index (κ2) is 52.7. The molecule has 8 nitrogen and oxygen atoms in total. The maximum absolute atomic E-state index is 4.82. The van der Waals surface area contributed by atoms with Crippen LogP contribution in [-0.2, 0) is 0 Å². The topological polar surface area (TPSA) is 113 Å². The molecule has 0 atom stereocenters. The van der Waals surface area contributed by atoms with Crippen LogP contribution >= 0.6 is 0 Å². The fourth-order valence-corrected chi connectivity index (χ4v) is 73.5. The Labute approximate surface area is 683 Å². The summed E-state index contributed by atoms with van der Waals surface area (Å²) in [4.78, 5) is 0. The first-order valence-corrected chi connectivity index (χ1v) is 87.6. The van der Waals surface area contributed by atoms with Gasteiger partial charge in [0.2, 0.25) is 0 Å². The standard InChI is InChI=1S/2C7H8.8C6H18NSi2.4U/c2*1-7-5-3-2-4-6-7;8*1-8(2,3)7-9(4,5)6;;;;/h2*2-6H,1H3;8*1-6H3;;;;/q;;8*-1;4*+2. The Morgan fingerprint density at radius 3 is 0.233 bits per heavy atom. The van der Waals surface area contributed by atoms with Crippen LogP contribution in [0.5, 0.6) is 0 Å². The van der Waals surface area contributed by atoms with Gasteiger partial charge in [-0.3, -0.25) is 0 Å². The Balaban J connectivity index is -0.0000000748. The van der Waals surface area contributed by atoms with Gasteiger partial charge in [0.15, 0.2) is 0 Å². The van der Waals surface area contributed by atoms with E-state index in [0.29, 0.717) is 0 Å². The second-order valence-electron chi connectivity index (χ2n) is 38.9. The van der Waals surface area contributed by atoms with E-state index in [-0.39, 0.29) is 124 Å². The summed E-state index contributed by atoms with van der Waals surface area (Å²) in [7, 11) is -17.7. The van der Waals surface area contributed by atoms with E-state index in [1.165, 1.54) is 11.1 Å². The van der Waals surface area contributed by atoms with Crippen molar-refractivity contribution >= 4 is 132 Å². The van der Waals surface area contributed by atoms with Gasteiger partial charge in [0.05, 0.1) is 0 Å². The van der Waals surface area contributed by atoms with E-state index in [1.807, 2.05) is 36.4 Å². The van der Waals surface area contributed by atoms with Gasteiger partial charge in [-0.25, -0.2) is 0 Å². The minimum Gasteiger partial charge on any atom is -0.668 e. The third-order valence-corrected chi connectivity index (χ3v) is 50.2. The van der Waals surface area contributed by atoms with Gasteiger partial charge in [0.1, 0.15) is 0 Å². The quantitative estimate of drug-likeness (QED) is 0.149. The normalized spacial score (nSPS) is 12.6. The van der Waals surface area contributed by atoms with Gasteiger partial charge in [-0.15, -0.1) is 0 Å². The van der Waals surface area contributed by atoms with Crippen LogP contribution in [0.2, 0.25) is 314 Å². The molecule has 0 spiro atoms. The molecule has 528 valence electrons. The maximum Gasteiger partial charge on any atom is 2.00 e. The van der Waals surface area contributed by atoms with Crippen molar-refractivity contribution in [3.8, 4) is 0 Å². The minimum absolute atomic E-state index is 0. The third-order valence-electron chi connectivity index (χ3n) is 7.25. The van der Waals surface area contributed by atoms with E-state index in [9.17, 15) is 0 Å². The molecule has 2 aromatic rings. The monoisotopic (exact) mass is 2420 g/mol. The largest absolute Gasteiger partial charge is 2.00 e. The molecule has 0 saturated carbocycles. The zero-order valence-electron chi connectivity index (χ0n) is 70.4. The van der Waals surface area contributed by atoms with Crippen LogP contribution in [0.25, 0.3) is 37.2 Å². The average molecular weight is 2420 g/mol. The maximum atomic E-state index is 4.82. The van der Waals surface area contributed by atoms with Crippen molar-refractivity contribution in [2.75, 3.05) is 0 Å². The first-order chi connectivity index (χ1) is 36.4. The molecule has 90 heavy (non-hydrogen) atoms. The number of benzene rings is 2. The molecule has 0 fully saturated rings. The summed E-state index contributed by atoms with van der Waals surface area (Å²) in [6, 6.07) is 20.5. The molecule has 0 aliphatic heterocycles. The molecule has 0 aromatic heterocycles. The summed E-state index contributed by atoms with van der Waals surface area (Å²) >= 11 is 0. The van der Waals surface area contributed by atoms with E-state index in [0.717, 1.165) is 0 Å². The van der Waals surface area contributed by atoms with Gasteiger partial charge in [-0.2, -0.15) is 0 Å². The summed E-state index contributed by atoms with van der Waals surface area (Å²) in [6.07, 6.45) is 0. The van der Waals surface area contributed by atoms with Crippen molar-refractivity contribution in [1.29, 1.82) is 0 Å². The number of hydrogen-bond acceptors (Lipinski definition) is 0. The summed E-state index contributed by atoms with van der Waals surface area (Å²) < 4.78 is 38.6. The SMILES string of the molecule is C[Si](C)(C)[N-][Si](C)(C)C.C[Si](C)(C)[N-][Si](C)(C)C.C[Si](C)(C)[N-][Si](C)(C)C.C[Si](C)(C)[N-][Si](C)(C)C.C[Si](C)(C)[N-][Si](C)(C)C.C[Si](C)(C)[N-][Si](C)(C)C.C[Si](C)(C)[N-][Si](C)(C)C.C[Si](C)(C)[N-][Si](C)(C)C.Cc1ccccc1.Cc1ccccc1.[U+2].[U+2].[U+2].[U+2]. The van der Waals surface area contributed by atoms with Crippen LogP contribution in [0.15, 0.2) is 60.7 Å². The molecule has 0 bridgehead atoms. The molecular formula is C62H160N8Si16U4. The molecular weight excluding hydrogens is 2260 g/mol. The van der Waals surface area contributed by atoms with Crippen molar-refractivity contribution in [2.45, 2.75) is 328 Å². The van der Waals surface area contributed by atoms with E-state index in [1.54, 1.807) is 0 Å². The van der Waals surface area contributed by atoms with E-state index < -0.39 is 132 Å². The zero-order chi connectivity index (χ0) is 71.9. The number of rotatable bonds is 16. The predicted molar refractivity (Wildman–Crippen MR) is 463 cm³/mol. The predicted octanol–water partition coefficient (Wildman–Crippen LogP) is 28.2. The summed E-state index contributed by atoms with van der Waals surface area (Å²) in [5.74, 6) is 0. The first-order valence-electron chi connectivity index (χ1n) is 32.4. The van der Waals surface area contributed by atoms with Crippen LogP contribution < -0.4 is 0 Å². The fraction of sp³-hybridized carbons (Fsp3) is 0.806. The minimum atomic E-state index is -1.11. The molecule has 0 N–H and O–H groups in total. The van der Waals surface area contributed by atoms with E-state index in [4.69, 9.17) is 37.2 Å². The van der Waals surface area contributed by atoms with Crippen LogP contribution in [0, 0.1) is 138 Å². The van der Waals surface area contributed by atoms with Crippen molar-refractivity contribution < 1.29 is 124 Å². The molecule has 0 aliphatic rings. The van der Waals surface area contributed by atoms with Crippen molar-refractivity contribution in [2.24, 2.45) is 0 Å². The third kappa shape index (κ3) is 166. The molecule has 0 aliphatic carbocycles. The van der Waals surface area contributed by atoms with Crippen LogP contribution in [0.1, 0.15) is 11.1 Å². The van der Waals surface area contributed by atoms with Crippen LogP contribution in [0.4, 0.5) is 0 Å². The number of aryl methyl sites for hydroxylation is 2. The molecule has 28 heteroatoms. The molecule has 0 saturated heterocycles. The Morgan fingerprint density at radius 2 is 0.211 bits per heavy atom.